The summed E-state index contributed by atoms with van der Waals surface area (Å²) < 4.78 is 13.4. The summed E-state index contributed by atoms with van der Waals surface area (Å²) >= 11 is 2.00. The Bertz CT molecular complexity index is 230. The topological polar surface area (TPSA) is 26.3 Å². The van der Waals surface area contributed by atoms with Crippen molar-refractivity contribution in [2.45, 2.75) is 12.8 Å². The maximum Gasteiger partial charge on any atom is 0.122 e. The zero-order valence-corrected chi connectivity index (χ0v) is 11.4. The fourth-order valence-corrected chi connectivity index (χ4v) is 1.30. The first-order chi connectivity index (χ1) is 5.97. The molecule has 68 valence electrons. The molecule has 0 bridgehead atoms. The van der Waals surface area contributed by atoms with E-state index in [1.807, 2.05) is 28.1 Å². The summed E-state index contributed by atoms with van der Waals surface area (Å²) in [5, 5.41) is 0. The summed E-state index contributed by atoms with van der Waals surface area (Å²) in [6.45, 7) is 0.886. The second-order valence-corrected chi connectivity index (χ2v) is 2.56. The van der Waals surface area contributed by atoms with E-state index in [1.54, 1.807) is 0 Å². The van der Waals surface area contributed by atoms with Crippen LogP contribution in [0.15, 0.2) is 24.3 Å². The molecule has 0 N–H and O–H groups in total. The molecule has 0 fully saturated rings. The Kier molecular flexibility index (Phi) is 7.35. The van der Waals surface area contributed by atoms with Crippen molar-refractivity contribution in [1.82, 2.24) is 0 Å². The first-order valence-electron chi connectivity index (χ1n) is 3.82. The number of benzene rings is 1. The molecule has 1 aliphatic rings. The van der Waals surface area contributed by atoms with E-state index >= 15 is 0 Å². The van der Waals surface area contributed by atoms with Gasteiger partial charge < -0.3 is 4.74 Å². The first-order valence-corrected chi connectivity index (χ1v) is 4.27. The zero-order valence-electron chi connectivity index (χ0n) is 7.31. The molecular formula is C9H10FeO2Zn. The van der Waals surface area contributed by atoms with E-state index in [2.05, 4.69) is 12.1 Å². The van der Waals surface area contributed by atoms with E-state index in [-0.39, 0.29) is 19.5 Å². The minimum atomic E-state index is 0. The van der Waals surface area contributed by atoms with Crippen LogP contribution < -0.4 is 4.74 Å². The molecule has 1 heterocycles. The second-order valence-electron chi connectivity index (χ2n) is 2.56. The number of hydrogen-bond acceptors (Lipinski definition) is 2. The predicted molar refractivity (Wildman–Crippen MR) is 40.9 cm³/mol. The van der Waals surface area contributed by atoms with Crippen LogP contribution >= 0.6 is 0 Å². The maximum absolute atomic E-state index is 8.00. The Hall–Kier alpha value is -0.0371. The number of fused-ring (bicyclic) bond motifs is 1. The third kappa shape index (κ3) is 3.68. The van der Waals surface area contributed by atoms with Crippen LogP contribution in [0.1, 0.15) is 12.0 Å². The molecule has 1 aromatic rings. The van der Waals surface area contributed by atoms with Gasteiger partial charge in [-0.1, -0.05) is 18.2 Å². The summed E-state index contributed by atoms with van der Waals surface area (Å²) in [7, 11) is 0. The van der Waals surface area contributed by atoms with Crippen molar-refractivity contribution in [3.63, 3.8) is 0 Å². The average Bonchev–Trinajstić information content (AvgIpc) is 2.21. The van der Waals surface area contributed by atoms with E-state index in [9.17, 15) is 0 Å². The predicted octanol–water partition coefficient (Wildman–Crippen LogP) is 1.89. The second kappa shape index (κ2) is 7.37. The molecule has 0 saturated carbocycles. The fraction of sp³-hybridized carbons (Fsp3) is 0.333. The molecular weight excluding hydrogens is 261 g/mol. The van der Waals surface area contributed by atoms with Crippen LogP contribution in [0.3, 0.4) is 0 Å². The molecule has 2 rings (SSSR count). The number of ether oxygens (including phenoxy) is 1. The molecule has 1 aromatic carbocycles. The molecule has 4 heteroatoms. The number of aryl methyl sites for hydroxylation is 1. The van der Waals surface area contributed by atoms with Crippen LogP contribution in [0.25, 0.3) is 0 Å². The Labute approximate surface area is 98.8 Å². The van der Waals surface area contributed by atoms with Crippen molar-refractivity contribution < 1.29 is 44.0 Å². The molecule has 0 amide bonds. The van der Waals surface area contributed by atoms with Gasteiger partial charge in [0.2, 0.25) is 0 Å². The number of para-hydroxylation sites is 1. The largest absolute Gasteiger partial charge is 0.493 e. The molecule has 0 aliphatic carbocycles. The van der Waals surface area contributed by atoms with Gasteiger partial charge in [0.05, 0.1) is 6.61 Å². The molecule has 0 saturated heterocycles. The third-order valence-corrected chi connectivity index (χ3v) is 1.82. The van der Waals surface area contributed by atoms with Crippen LogP contribution in [-0.4, -0.2) is 6.61 Å². The van der Waals surface area contributed by atoms with Crippen molar-refractivity contribution in [3.05, 3.63) is 29.8 Å². The zero-order chi connectivity index (χ0) is 8.81. The molecule has 13 heavy (non-hydrogen) atoms. The quantitative estimate of drug-likeness (QED) is 0.674. The van der Waals surface area contributed by atoms with Crippen molar-refractivity contribution in [2.75, 3.05) is 6.61 Å². The molecule has 1 aliphatic heterocycles. The van der Waals surface area contributed by atoms with Crippen LogP contribution in [0.2, 0.25) is 0 Å². The number of rotatable bonds is 0. The Morgan fingerprint density at radius 1 is 1.23 bits per heavy atom. The van der Waals surface area contributed by atoms with Crippen LogP contribution in [0, 0.1) is 0 Å². The summed E-state index contributed by atoms with van der Waals surface area (Å²) in [6, 6.07) is 8.25. The van der Waals surface area contributed by atoms with Gasteiger partial charge in [0.25, 0.3) is 0 Å². The van der Waals surface area contributed by atoms with Gasteiger partial charge in [0.1, 0.15) is 5.75 Å². The van der Waals surface area contributed by atoms with E-state index in [0.29, 0.717) is 0 Å². The molecule has 0 aromatic heterocycles. The first kappa shape index (κ1) is 13.0. The van der Waals surface area contributed by atoms with Gasteiger partial charge in [-0.25, -0.2) is 0 Å². The van der Waals surface area contributed by atoms with Crippen LogP contribution in [0.4, 0.5) is 0 Å². The van der Waals surface area contributed by atoms with E-state index in [1.165, 1.54) is 12.0 Å². The summed E-state index contributed by atoms with van der Waals surface area (Å²) in [5.41, 5.74) is 1.36. The Balaban J connectivity index is 0.000000451. The molecule has 0 atom stereocenters. The Morgan fingerprint density at radius 2 is 1.92 bits per heavy atom. The maximum atomic E-state index is 8.00. The smallest absolute Gasteiger partial charge is 0.122 e. The minimum absolute atomic E-state index is 0. The van der Waals surface area contributed by atoms with Crippen molar-refractivity contribution in [2.24, 2.45) is 0 Å². The third-order valence-electron chi connectivity index (χ3n) is 1.82. The van der Waals surface area contributed by atoms with Crippen molar-refractivity contribution in [1.29, 1.82) is 0 Å². The summed E-state index contributed by atoms with van der Waals surface area (Å²) in [5.74, 6) is 1.08. The molecule has 0 unspecified atom stereocenters. The SMILES string of the molecule is [O]=[Fe].[Zn].c1ccc2c(c1)CCCO2. The van der Waals surface area contributed by atoms with E-state index in [4.69, 9.17) is 8.57 Å². The van der Waals surface area contributed by atoms with Gasteiger partial charge >= 0.3 is 19.8 Å². The summed E-state index contributed by atoms with van der Waals surface area (Å²) in [4.78, 5) is 0. The van der Waals surface area contributed by atoms with Gasteiger partial charge in [0.15, 0.2) is 0 Å². The van der Waals surface area contributed by atoms with Gasteiger partial charge in [-0.3, -0.25) is 0 Å². The van der Waals surface area contributed by atoms with Gasteiger partial charge in [-0.05, 0) is 24.5 Å². The Morgan fingerprint density at radius 3 is 2.62 bits per heavy atom. The summed E-state index contributed by atoms with van der Waals surface area (Å²) in [6.07, 6.45) is 2.34. The fourth-order valence-electron chi connectivity index (χ4n) is 1.30. The number of hydrogen-bond donors (Lipinski definition) is 0. The normalized spacial score (nSPS) is 12.4. The van der Waals surface area contributed by atoms with Gasteiger partial charge in [0, 0.05) is 19.5 Å². The van der Waals surface area contributed by atoms with Gasteiger partial charge in [-0.2, -0.15) is 0 Å². The van der Waals surface area contributed by atoms with Crippen LogP contribution in [0.5, 0.6) is 5.75 Å². The molecule has 0 spiro atoms. The van der Waals surface area contributed by atoms with Gasteiger partial charge in [-0.15, -0.1) is 0 Å². The average molecular weight is 271 g/mol. The molecule has 2 nitrogen and oxygen atoms in total. The standard InChI is InChI=1S/C9H10O.Fe.O.Zn/c1-2-6-9-8(4-1)5-3-7-10-9;;;/h1-2,4,6H,3,5,7H2;;;. The molecule has 0 radical (unpaired) electrons. The van der Waals surface area contributed by atoms with Crippen LogP contribution in [-0.2, 0) is 45.7 Å². The van der Waals surface area contributed by atoms with Crippen molar-refractivity contribution in [3.8, 4) is 5.75 Å². The minimum Gasteiger partial charge on any atom is -0.493 e. The monoisotopic (exact) mass is 270 g/mol. The van der Waals surface area contributed by atoms with E-state index < -0.39 is 0 Å². The van der Waals surface area contributed by atoms with E-state index in [0.717, 1.165) is 18.8 Å². The van der Waals surface area contributed by atoms with Crippen molar-refractivity contribution >= 4 is 0 Å².